The summed E-state index contributed by atoms with van der Waals surface area (Å²) in [5.74, 6) is 0.832. The molecule has 0 saturated heterocycles. The van der Waals surface area contributed by atoms with Crippen molar-refractivity contribution in [2.24, 2.45) is 0 Å². The standard InChI is InChI=1S/C8H9N3O/c1-2-6-9-7-4-3-5-8(12)11(7)10-6/h3-5H,2H2,1H3,(H,9,10). The molecule has 2 rings (SSSR count). The van der Waals surface area contributed by atoms with Gasteiger partial charge in [-0.15, -0.1) is 0 Å². The van der Waals surface area contributed by atoms with Crippen molar-refractivity contribution >= 4 is 5.65 Å². The minimum absolute atomic E-state index is 0.0697. The monoisotopic (exact) mass is 163 g/mol. The van der Waals surface area contributed by atoms with E-state index < -0.39 is 0 Å². The molecule has 2 aromatic heterocycles. The number of fused-ring (bicyclic) bond motifs is 1. The third-order valence-electron chi connectivity index (χ3n) is 1.76. The first kappa shape index (κ1) is 7.09. The molecule has 0 atom stereocenters. The van der Waals surface area contributed by atoms with Crippen LogP contribution in [0.25, 0.3) is 5.65 Å². The van der Waals surface area contributed by atoms with E-state index in [0.29, 0.717) is 5.65 Å². The number of pyridine rings is 1. The molecule has 0 radical (unpaired) electrons. The van der Waals surface area contributed by atoms with Crippen LogP contribution in [0.2, 0.25) is 0 Å². The first-order valence-electron chi connectivity index (χ1n) is 3.88. The second kappa shape index (κ2) is 2.48. The van der Waals surface area contributed by atoms with Crippen molar-refractivity contribution in [2.75, 3.05) is 0 Å². The van der Waals surface area contributed by atoms with Gasteiger partial charge in [-0.3, -0.25) is 9.89 Å². The van der Waals surface area contributed by atoms with Crippen molar-refractivity contribution in [1.82, 2.24) is 14.6 Å². The maximum Gasteiger partial charge on any atom is 0.271 e. The molecule has 0 aromatic carbocycles. The van der Waals surface area contributed by atoms with Gasteiger partial charge in [0.05, 0.1) is 0 Å². The fraction of sp³-hybridized carbons (Fsp3) is 0.250. The lowest BCUT2D eigenvalue weighted by Crippen LogP contribution is -2.11. The van der Waals surface area contributed by atoms with E-state index in [4.69, 9.17) is 0 Å². The minimum atomic E-state index is -0.0697. The molecule has 1 N–H and O–H groups in total. The third kappa shape index (κ3) is 0.922. The molecule has 0 spiro atoms. The zero-order valence-corrected chi connectivity index (χ0v) is 6.74. The summed E-state index contributed by atoms with van der Waals surface area (Å²) >= 11 is 0. The lowest BCUT2D eigenvalue weighted by atomic mass is 10.5. The Bertz CT molecular complexity index is 455. The fourth-order valence-electron chi connectivity index (χ4n) is 1.13. The zero-order valence-electron chi connectivity index (χ0n) is 6.74. The molecule has 0 amide bonds. The number of aromatic nitrogens is 3. The predicted octanol–water partition coefficient (Wildman–Crippen LogP) is 0.585. The van der Waals surface area contributed by atoms with Crippen LogP contribution in [0.15, 0.2) is 23.0 Å². The Balaban J connectivity index is 2.83. The normalized spacial score (nSPS) is 10.8. The molecular formula is C8H9N3O. The first-order valence-corrected chi connectivity index (χ1v) is 3.88. The van der Waals surface area contributed by atoms with Crippen molar-refractivity contribution in [3.8, 4) is 0 Å². The van der Waals surface area contributed by atoms with Crippen LogP contribution in [-0.4, -0.2) is 14.6 Å². The number of rotatable bonds is 1. The maximum absolute atomic E-state index is 11.2. The number of nitrogens with one attached hydrogen (secondary N) is 1. The summed E-state index contributed by atoms with van der Waals surface area (Å²) in [6.45, 7) is 1.99. The second-order valence-electron chi connectivity index (χ2n) is 2.58. The van der Waals surface area contributed by atoms with Crippen molar-refractivity contribution in [1.29, 1.82) is 0 Å². The Morgan fingerprint density at radius 1 is 1.58 bits per heavy atom. The van der Waals surface area contributed by atoms with Crippen LogP contribution < -0.4 is 5.56 Å². The van der Waals surface area contributed by atoms with E-state index in [2.05, 4.69) is 10.1 Å². The second-order valence-corrected chi connectivity index (χ2v) is 2.58. The van der Waals surface area contributed by atoms with Crippen LogP contribution in [0.5, 0.6) is 0 Å². The number of H-pyrrole nitrogens is 1. The zero-order chi connectivity index (χ0) is 8.55. The van der Waals surface area contributed by atoms with Gasteiger partial charge in [-0.25, -0.2) is 9.50 Å². The van der Waals surface area contributed by atoms with E-state index in [-0.39, 0.29) is 5.56 Å². The van der Waals surface area contributed by atoms with Crippen LogP contribution in [0.4, 0.5) is 0 Å². The molecule has 4 nitrogen and oxygen atoms in total. The Labute approximate surface area is 68.8 Å². The number of hydrogen-bond donors (Lipinski definition) is 1. The minimum Gasteiger partial charge on any atom is -0.276 e. The lowest BCUT2D eigenvalue weighted by molar-refractivity contribution is 0.862. The summed E-state index contributed by atoms with van der Waals surface area (Å²) in [5.41, 5.74) is 0.610. The Morgan fingerprint density at radius 2 is 2.42 bits per heavy atom. The van der Waals surface area contributed by atoms with Crippen LogP contribution >= 0.6 is 0 Å². The van der Waals surface area contributed by atoms with Crippen molar-refractivity contribution in [3.05, 3.63) is 34.4 Å². The molecule has 0 unspecified atom stereocenters. The molecule has 0 aliphatic carbocycles. The summed E-state index contributed by atoms with van der Waals surface area (Å²) in [6, 6.07) is 5.01. The molecule has 62 valence electrons. The summed E-state index contributed by atoms with van der Waals surface area (Å²) in [5, 5.41) is 2.91. The highest BCUT2D eigenvalue weighted by molar-refractivity contribution is 5.36. The van der Waals surface area contributed by atoms with E-state index >= 15 is 0 Å². The van der Waals surface area contributed by atoms with Crippen molar-refractivity contribution in [2.45, 2.75) is 13.3 Å². The Kier molecular flexibility index (Phi) is 1.46. The Morgan fingerprint density at radius 3 is 3.08 bits per heavy atom. The average Bonchev–Trinajstić information content (AvgIpc) is 2.49. The van der Waals surface area contributed by atoms with Crippen LogP contribution in [0, 0.1) is 0 Å². The van der Waals surface area contributed by atoms with Gasteiger partial charge in [0, 0.05) is 12.5 Å². The van der Waals surface area contributed by atoms with Crippen LogP contribution in [0.1, 0.15) is 12.7 Å². The predicted molar refractivity (Wildman–Crippen MR) is 45.2 cm³/mol. The van der Waals surface area contributed by atoms with E-state index in [1.807, 2.05) is 6.92 Å². The molecule has 0 aliphatic heterocycles. The first-order chi connectivity index (χ1) is 5.81. The summed E-state index contributed by atoms with van der Waals surface area (Å²) in [4.78, 5) is 15.4. The number of aromatic amines is 1. The van der Waals surface area contributed by atoms with Gasteiger partial charge in [-0.05, 0) is 6.07 Å². The lowest BCUT2D eigenvalue weighted by Gasteiger charge is -1.86. The molecule has 2 heterocycles. The van der Waals surface area contributed by atoms with Crippen molar-refractivity contribution in [3.63, 3.8) is 0 Å². The molecule has 4 heteroatoms. The van der Waals surface area contributed by atoms with Gasteiger partial charge >= 0.3 is 0 Å². The van der Waals surface area contributed by atoms with E-state index in [1.54, 1.807) is 12.1 Å². The van der Waals surface area contributed by atoms with E-state index in [1.165, 1.54) is 10.6 Å². The fourth-order valence-corrected chi connectivity index (χ4v) is 1.13. The molecule has 2 aromatic rings. The molecule has 12 heavy (non-hydrogen) atoms. The highest BCUT2D eigenvalue weighted by atomic mass is 16.1. The highest BCUT2D eigenvalue weighted by Gasteiger charge is 1.99. The van der Waals surface area contributed by atoms with Gasteiger partial charge in [0.1, 0.15) is 5.82 Å². The SMILES string of the molecule is CCc1nc2cccc(=O)n2[nH]1. The number of aryl methyl sites for hydroxylation is 1. The summed E-state index contributed by atoms with van der Waals surface area (Å²) < 4.78 is 1.44. The molecule has 0 bridgehead atoms. The van der Waals surface area contributed by atoms with Crippen LogP contribution in [0.3, 0.4) is 0 Å². The van der Waals surface area contributed by atoms with Gasteiger partial charge in [-0.2, -0.15) is 0 Å². The van der Waals surface area contributed by atoms with Crippen molar-refractivity contribution < 1.29 is 0 Å². The molecular weight excluding hydrogens is 154 g/mol. The largest absolute Gasteiger partial charge is 0.276 e. The van der Waals surface area contributed by atoms with E-state index in [0.717, 1.165) is 12.2 Å². The molecule has 0 fully saturated rings. The number of hydrogen-bond acceptors (Lipinski definition) is 2. The Hall–Kier alpha value is -1.58. The maximum atomic E-state index is 11.2. The molecule has 0 saturated carbocycles. The van der Waals surface area contributed by atoms with Gasteiger partial charge < -0.3 is 0 Å². The van der Waals surface area contributed by atoms with E-state index in [9.17, 15) is 4.79 Å². The molecule has 0 aliphatic rings. The van der Waals surface area contributed by atoms with Gasteiger partial charge in [0.25, 0.3) is 5.56 Å². The van der Waals surface area contributed by atoms with Gasteiger partial charge in [0.15, 0.2) is 5.65 Å². The topological polar surface area (TPSA) is 50.2 Å². The third-order valence-corrected chi connectivity index (χ3v) is 1.76. The van der Waals surface area contributed by atoms with Crippen LogP contribution in [-0.2, 0) is 6.42 Å². The van der Waals surface area contributed by atoms with Gasteiger partial charge in [0.2, 0.25) is 0 Å². The quantitative estimate of drug-likeness (QED) is 0.668. The average molecular weight is 163 g/mol. The number of nitrogens with zero attached hydrogens (tertiary/aromatic N) is 2. The highest BCUT2D eigenvalue weighted by Crippen LogP contribution is 1.96. The van der Waals surface area contributed by atoms with Gasteiger partial charge in [-0.1, -0.05) is 13.0 Å². The summed E-state index contributed by atoms with van der Waals surface area (Å²) in [7, 11) is 0. The smallest absolute Gasteiger partial charge is 0.271 e. The summed E-state index contributed by atoms with van der Waals surface area (Å²) in [6.07, 6.45) is 0.807.